The molecule has 2 aromatic heterocycles. The second kappa shape index (κ2) is 4.47. The lowest BCUT2D eigenvalue weighted by atomic mass is 9.92. The maximum atomic E-state index is 11.7. The van der Waals surface area contributed by atoms with E-state index in [1.807, 2.05) is 12.2 Å². The van der Waals surface area contributed by atoms with Crippen LogP contribution in [-0.2, 0) is 0 Å². The molecule has 0 aliphatic heterocycles. The number of aromatic amines is 1. The Bertz CT molecular complexity index is 688. The number of aliphatic hydroxyl groups is 1. The number of anilines is 1. The molecule has 0 saturated heterocycles. The molecule has 2 heterocycles. The highest BCUT2D eigenvalue weighted by Crippen LogP contribution is 2.27. The first-order valence-electron chi connectivity index (χ1n) is 6.07. The molecule has 1 aliphatic carbocycles. The molecular weight excluding hydrogens is 248 g/mol. The molecule has 0 aromatic carbocycles. The Balaban J connectivity index is 2.08. The fraction of sp³-hybridized carbons (Fsp3) is 0.455. The van der Waals surface area contributed by atoms with Gasteiger partial charge in [-0.25, -0.2) is 4.68 Å². The lowest BCUT2D eigenvalue weighted by molar-refractivity contribution is 0.202. The molecule has 0 radical (unpaired) electrons. The summed E-state index contributed by atoms with van der Waals surface area (Å²) in [5, 5.41) is 17.1. The Labute approximate surface area is 108 Å². The lowest BCUT2D eigenvalue weighted by Crippen LogP contribution is -2.20. The maximum absolute atomic E-state index is 11.7. The summed E-state index contributed by atoms with van der Waals surface area (Å²) in [5.74, 6) is 0.230. The summed E-state index contributed by atoms with van der Waals surface area (Å²) in [4.78, 5) is 18.1. The zero-order valence-electron chi connectivity index (χ0n) is 10.2. The summed E-state index contributed by atoms with van der Waals surface area (Å²) in [6, 6.07) is -0.0652. The van der Waals surface area contributed by atoms with Crippen LogP contribution in [-0.4, -0.2) is 36.7 Å². The molecule has 8 nitrogen and oxygen atoms in total. The van der Waals surface area contributed by atoms with Crippen LogP contribution in [0.3, 0.4) is 0 Å². The number of aliphatic hydroxyl groups excluding tert-OH is 1. The van der Waals surface area contributed by atoms with Gasteiger partial charge < -0.3 is 10.8 Å². The molecule has 1 aliphatic rings. The van der Waals surface area contributed by atoms with E-state index in [-0.39, 0.29) is 30.0 Å². The van der Waals surface area contributed by atoms with Crippen molar-refractivity contribution >= 4 is 17.1 Å². The van der Waals surface area contributed by atoms with Gasteiger partial charge in [0, 0.05) is 6.61 Å². The van der Waals surface area contributed by atoms with Gasteiger partial charge in [0.2, 0.25) is 5.95 Å². The standard InChI is InChI=1S/C11H14N6O2/c12-11-13-9-8(10(19)14-11)15-16-17(9)7-3-1-2-6(4-7)5-18/h1,3,6-7,18H,2,4-5H2,(H3,12,13,14,19). The maximum Gasteiger partial charge on any atom is 0.282 e. The number of fused-ring (bicyclic) bond motifs is 1. The first kappa shape index (κ1) is 11.8. The van der Waals surface area contributed by atoms with Crippen molar-refractivity contribution in [3.05, 3.63) is 22.5 Å². The minimum absolute atomic E-state index is 0.0412. The van der Waals surface area contributed by atoms with Gasteiger partial charge in [-0.1, -0.05) is 17.4 Å². The van der Waals surface area contributed by atoms with E-state index in [0.29, 0.717) is 5.65 Å². The SMILES string of the molecule is Nc1nc2c(nnn2C2C=CCC(CO)C2)c(=O)[nH]1. The van der Waals surface area contributed by atoms with Crippen molar-refractivity contribution in [3.8, 4) is 0 Å². The largest absolute Gasteiger partial charge is 0.396 e. The van der Waals surface area contributed by atoms with Gasteiger partial charge in [0.1, 0.15) is 0 Å². The summed E-state index contributed by atoms with van der Waals surface area (Å²) >= 11 is 0. The van der Waals surface area contributed by atoms with E-state index >= 15 is 0 Å². The highest BCUT2D eigenvalue weighted by molar-refractivity contribution is 5.69. The molecule has 2 atom stereocenters. The number of aromatic nitrogens is 5. The van der Waals surface area contributed by atoms with Gasteiger partial charge in [0.15, 0.2) is 11.2 Å². The predicted molar refractivity (Wildman–Crippen MR) is 68.3 cm³/mol. The third kappa shape index (κ3) is 1.99. The second-order valence-electron chi connectivity index (χ2n) is 4.67. The number of nitrogens with two attached hydrogens (primary N) is 1. The molecule has 0 saturated carbocycles. The molecule has 19 heavy (non-hydrogen) atoms. The fourth-order valence-electron chi connectivity index (χ4n) is 2.36. The van der Waals surface area contributed by atoms with E-state index in [9.17, 15) is 9.90 Å². The van der Waals surface area contributed by atoms with Gasteiger partial charge in [0.25, 0.3) is 5.56 Å². The van der Waals surface area contributed by atoms with E-state index < -0.39 is 5.56 Å². The number of H-pyrrole nitrogens is 1. The van der Waals surface area contributed by atoms with Crippen LogP contribution in [0.5, 0.6) is 0 Å². The molecule has 4 N–H and O–H groups in total. The molecule has 0 spiro atoms. The molecule has 0 fully saturated rings. The summed E-state index contributed by atoms with van der Waals surface area (Å²) < 4.78 is 1.58. The van der Waals surface area contributed by atoms with Crippen LogP contribution < -0.4 is 11.3 Å². The third-order valence-electron chi connectivity index (χ3n) is 3.33. The quantitative estimate of drug-likeness (QED) is 0.633. The first-order chi connectivity index (χ1) is 9.19. The van der Waals surface area contributed by atoms with Gasteiger partial charge in [-0.05, 0) is 18.8 Å². The molecule has 0 amide bonds. The zero-order chi connectivity index (χ0) is 13.4. The van der Waals surface area contributed by atoms with Crippen molar-refractivity contribution < 1.29 is 5.11 Å². The van der Waals surface area contributed by atoms with Crippen LogP contribution in [0, 0.1) is 5.92 Å². The van der Waals surface area contributed by atoms with Gasteiger partial charge in [-0.15, -0.1) is 5.10 Å². The number of nitrogens with one attached hydrogen (secondary N) is 1. The Hall–Kier alpha value is -2.22. The number of nitrogen functional groups attached to an aromatic ring is 1. The Morgan fingerprint density at radius 3 is 3.21 bits per heavy atom. The third-order valence-corrected chi connectivity index (χ3v) is 3.33. The average molecular weight is 262 g/mol. The molecule has 2 aromatic rings. The molecule has 100 valence electrons. The summed E-state index contributed by atoms with van der Waals surface area (Å²) in [7, 11) is 0. The summed E-state index contributed by atoms with van der Waals surface area (Å²) in [6.07, 6.45) is 5.56. The number of nitrogens with zero attached hydrogens (tertiary/aromatic N) is 4. The molecule has 8 heteroatoms. The van der Waals surface area contributed by atoms with Crippen molar-refractivity contribution in [1.82, 2.24) is 25.0 Å². The Morgan fingerprint density at radius 1 is 1.58 bits per heavy atom. The van der Waals surface area contributed by atoms with Gasteiger partial charge >= 0.3 is 0 Å². The predicted octanol–water partition coefficient (Wildman–Crippen LogP) is -0.404. The van der Waals surface area contributed by atoms with E-state index in [1.54, 1.807) is 4.68 Å². The minimum atomic E-state index is -0.396. The van der Waals surface area contributed by atoms with Crippen LogP contribution in [0.2, 0.25) is 0 Å². The highest BCUT2D eigenvalue weighted by Gasteiger charge is 2.22. The summed E-state index contributed by atoms with van der Waals surface area (Å²) in [5.41, 5.74) is 5.69. The highest BCUT2D eigenvalue weighted by atomic mass is 16.3. The van der Waals surface area contributed by atoms with Crippen LogP contribution >= 0.6 is 0 Å². The number of hydrogen-bond acceptors (Lipinski definition) is 6. The van der Waals surface area contributed by atoms with Crippen molar-refractivity contribution in [2.24, 2.45) is 5.92 Å². The molecule has 3 rings (SSSR count). The van der Waals surface area contributed by atoms with Gasteiger partial charge in [0.05, 0.1) is 6.04 Å². The minimum Gasteiger partial charge on any atom is -0.396 e. The lowest BCUT2D eigenvalue weighted by Gasteiger charge is -2.23. The van der Waals surface area contributed by atoms with Crippen molar-refractivity contribution in [2.45, 2.75) is 18.9 Å². The average Bonchev–Trinajstić information content (AvgIpc) is 2.82. The first-order valence-corrected chi connectivity index (χ1v) is 6.07. The van der Waals surface area contributed by atoms with E-state index in [1.165, 1.54) is 0 Å². The number of rotatable bonds is 2. The van der Waals surface area contributed by atoms with Gasteiger partial charge in [-0.3, -0.25) is 9.78 Å². The normalized spacial score (nSPS) is 23.0. The van der Waals surface area contributed by atoms with Gasteiger partial charge in [-0.2, -0.15) is 4.98 Å². The van der Waals surface area contributed by atoms with Crippen molar-refractivity contribution in [3.63, 3.8) is 0 Å². The Kier molecular flexibility index (Phi) is 2.79. The van der Waals surface area contributed by atoms with E-state index in [0.717, 1.165) is 12.8 Å². The fourth-order valence-corrected chi connectivity index (χ4v) is 2.36. The zero-order valence-corrected chi connectivity index (χ0v) is 10.2. The molecule has 0 bridgehead atoms. The number of hydrogen-bond donors (Lipinski definition) is 3. The molecule has 2 unspecified atom stereocenters. The van der Waals surface area contributed by atoms with Crippen molar-refractivity contribution in [2.75, 3.05) is 12.3 Å². The van der Waals surface area contributed by atoms with Crippen LogP contribution in [0.4, 0.5) is 5.95 Å². The van der Waals surface area contributed by atoms with Crippen LogP contribution in [0.25, 0.3) is 11.2 Å². The number of allylic oxidation sites excluding steroid dienone is 2. The smallest absolute Gasteiger partial charge is 0.282 e. The van der Waals surface area contributed by atoms with Crippen LogP contribution in [0.1, 0.15) is 18.9 Å². The second-order valence-corrected chi connectivity index (χ2v) is 4.67. The Morgan fingerprint density at radius 2 is 2.42 bits per heavy atom. The molecular formula is C11H14N6O2. The van der Waals surface area contributed by atoms with Crippen molar-refractivity contribution in [1.29, 1.82) is 0 Å². The summed E-state index contributed by atoms with van der Waals surface area (Å²) in [6.45, 7) is 0.129. The van der Waals surface area contributed by atoms with E-state index in [2.05, 4.69) is 20.3 Å². The monoisotopic (exact) mass is 262 g/mol. The van der Waals surface area contributed by atoms with Crippen LogP contribution in [0.15, 0.2) is 16.9 Å². The topological polar surface area (TPSA) is 123 Å². The van der Waals surface area contributed by atoms with E-state index in [4.69, 9.17) is 5.73 Å².